The quantitative estimate of drug-likeness (QED) is 0.229. The fraction of sp³-hybridized carbons (Fsp3) is 0.0312. The van der Waals surface area contributed by atoms with E-state index in [1.165, 1.54) is 26.8 Å². The number of hydrogen-bond acceptors (Lipinski definition) is 0. The molecule has 5 aromatic rings. The van der Waals surface area contributed by atoms with Gasteiger partial charge in [-0.2, -0.15) is 0 Å². The fourth-order valence-corrected chi connectivity index (χ4v) is 12.6. The van der Waals surface area contributed by atoms with E-state index >= 15 is 0 Å². The van der Waals surface area contributed by atoms with Gasteiger partial charge in [-0.1, -0.05) is 152 Å². The Hall–Kier alpha value is -3.17. The summed E-state index contributed by atoms with van der Waals surface area (Å²) in [4.78, 5) is 0. The van der Waals surface area contributed by atoms with E-state index in [2.05, 4.69) is 157 Å². The van der Waals surface area contributed by atoms with Crippen molar-refractivity contribution in [1.29, 1.82) is 0 Å². The van der Waals surface area contributed by atoms with Crippen LogP contribution in [0.15, 0.2) is 152 Å². The molecule has 0 saturated carbocycles. The molecule has 166 valence electrons. The Morgan fingerprint density at radius 3 is 1.21 bits per heavy atom. The number of rotatable bonds is 7. The van der Waals surface area contributed by atoms with Gasteiger partial charge < -0.3 is 0 Å². The van der Waals surface area contributed by atoms with Crippen molar-refractivity contribution < 1.29 is 0 Å². The van der Waals surface area contributed by atoms with Crippen LogP contribution >= 0.6 is 14.8 Å². The minimum atomic E-state index is -1.91. The molecule has 0 fully saturated rings. The summed E-state index contributed by atoms with van der Waals surface area (Å²) in [5.41, 5.74) is 4.14. The molecule has 5 rings (SSSR count). The molecule has 0 unspecified atom stereocenters. The maximum atomic E-state index is 2.75. The Labute approximate surface area is 204 Å². The topological polar surface area (TPSA) is 0 Å². The van der Waals surface area contributed by atoms with Crippen LogP contribution in [0.4, 0.5) is 0 Å². The highest BCUT2D eigenvalue weighted by Gasteiger charge is 2.26. The number of hydrogen-bond donors (Lipinski definition) is 0. The normalized spacial score (nSPS) is 11.3. The first kappa shape index (κ1) is 22.6. The van der Waals surface area contributed by atoms with Gasteiger partial charge in [0, 0.05) is 6.16 Å². The molecule has 0 spiro atoms. The van der Waals surface area contributed by atoms with Gasteiger partial charge in [0.05, 0.1) is 0 Å². The maximum absolute atomic E-state index is 2.75. The van der Waals surface area contributed by atoms with Gasteiger partial charge in [-0.25, -0.2) is 0 Å². The minimum absolute atomic E-state index is 0.658. The Balaban J connectivity index is 1.83. The van der Waals surface area contributed by atoms with Crippen molar-refractivity contribution in [3.05, 3.63) is 157 Å². The highest BCUT2D eigenvalue weighted by atomic mass is 31.2. The van der Waals surface area contributed by atoms with Gasteiger partial charge in [-0.05, 0) is 47.1 Å². The van der Waals surface area contributed by atoms with Crippen molar-refractivity contribution in [2.75, 3.05) is 0 Å². The zero-order chi connectivity index (χ0) is 23.1. The molecule has 0 bridgehead atoms. The Kier molecular flexibility index (Phi) is 7.21. The van der Waals surface area contributed by atoms with Gasteiger partial charge >= 0.3 is 0 Å². The molecule has 0 N–H and O–H groups in total. The van der Waals surface area contributed by atoms with Crippen LogP contribution in [0.25, 0.3) is 0 Å². The Morgan fingerprint density at radius 1 is 0.441 bits per heavy atom. The standard InChI is InChI=1S/C32H28P2/c1-6-16-28(17-7-1)26-34(31-22-12-4-13-23-31,32-24-14-5-15-25-32)27-33(29-18-8-2-9-19-29)30-20-10-3-11-21-30/h1-25,27H,26H2. The molecule has 0 heterocycles. The van der Waals surface area contributed by atoms with Crippen molar-refractivity contribution in [3.8, 4) is 0 Å². The van der Waals surface area contributed by atoms with Crippen LogP contribution in [0.3, 0.4) is 0 Å². The fourth-order valence-electron chi connectivity index (χ4n) is 4.42. The van der Waals surface area contributed by atoms with Crippen LogP contribution in [0.1, 0.15) is 5.56 Å². The highest BCUT2D eigenvalue weighted by molar-refractivity contribution is 8.04. The summed E-state index contributed by atoms with van der Waals surface area (Å²) < 4.78 is 0. The second-order valence-electron chi connectivity index (χ2n) is 8.34. The lowest BCUT2D eigenvalue weighted by Crippen LogP contribution is -2.22. The largest absolute Gasteiger partial charge is 0.0622 e. The summed E-state index contributed by atoms with van der Waals surface area (Å²) in [6, 6.07) is 55.5. The minimum Gasteiger partial charge on any atom is -0.0622 e. The van der Waals surface area contributed by atoms with Gasteiger partial charge in [-0.15, -0.1) is 0 Å². The van der Waals surface area contributed by atoms with Gasteiger partial charge in [0.25, 0.3) is 0 Å². The van der Waals surface area contributed by atoms with Gasteiger partial charge in [0.15, 0.2) is 0 Å². The average Bonchev–Trinajstić information content (AvgIpc) is 2.93. The molecule has 0 saturated heterocycles. The number of benzene rings is 5. The van der Waals surface area contributed by atoms with E-state index in [4.69, 9.17) is 0 Å². The maximum Gasteiger partial charge on any atom is 0.000161 e. The van der Waals surface area contributed by atoms with E-state index in [-0.39, 0.29) is 0 Å². The molecule has 0 radical (unpaired) electrons. The molecule has 0 aromatic heterocycles. The third kappa shape index (κ3) is 5.00. The van der Waals surface area contributed by atoms with Gasteiger partial charge in [-0.3, -0.25) is 0 Å². The Bertz CT molecular complexity index is 1260. The van der Waals surface area contributed by atoms with Crippen LogP contribution in [0, 0.1) is 0 Å². The van der Waals surface area contributed by atoms with Crippen molar-refractivity contribution in [3.63, 3.8) is 0 Å². The third-order valence-corrected chi connectivity index (χ3v) is 13.6. The zero-order valence-electron chi connectivity index (χ0n) is 19.1. The van der Waals surface area contributed by atoms with Crippen LogP contribution in [-0.4, -0.2) is 5.54 Å². The predicted octanol–water partition coefficient (Wildman–Crippen LogP) is 6.75. The molecular formula is C32H28P2. The molecule has 0 amide bonds. The zero-order valence-corrected chi connectivity index (χ0v) is 20.9. The second kappa shape index (κ2) is 10.8. The lowest BCUT2D eigenvalue weighted by Gasteiger charge is -2.31. The summed E-state index contributed by atoms with van der Waals surface area (Å²) >= 11 is 0. The van der Waals surface area contributed by atoms with Gasteiger partial charge in [0.1, 0.15) is 0 Å². The average molecular weight is 475 g/mol. The summed E-state index contributed by atoms with van der Waals surface area (Å²) in [5, 5.41) is 5.66. The lowest BCUT2D eigenvalue weighted by atomic mass is 10.2. The molecule has 2 heteroatoms. The van der Waals surface area contributed by atoms with E-state index in [1.54, 1.807) is 0 Å². The summed E-state index contributed by atoms with van der Waals surface area (Å²) in [5.74, 6) is 0. The summed E-state index contributed by atoms with van der Waals surface area (Å²) in [6.45, 7) is -1.91. The lowest BCUT2D eigenvalue weighted by molar-refractivity contribution is 1.40. The van der Waals surface area contributed by atoms with Gasteiger partial charge in [0.2, 0.25) is 0 Å². The highest BCUT2D eigenvalue weighted by Crippen LogP contribution is 2.53. The smallest absolute Gasteiger partial charge is 0.000161 e. The first-order chi connectivity index (χ1) is 16.9. The van der Waals surface area contributed by atoms with Crippen molar-refractivity contribution in [2.24, 2.45) is 0 Å². The van der Waals surface area contributed by atoms with E-state index in [9.17, 15) is 0 Å². The second-order valence-corrected chi connectivity index (χ2v) is 14.1. The van der Waals surface area contributed by atoms with E-state index in [0.717, 1.165) is 6.16 Å². The molecule has 0 aliphatic rings. The Morgan fingerprint density at radius 2 is 0.794 bits per heavy atom. The molecule has 34 heavy (non-hydrogen) atoms. The SMILES string of the molecule is C(P(c1ccccc1)c1ccccc1)=P(Cc1ccccc1)(c1ccccc1)c1ccccc1. The first-order valence-electron chi connectivity index (χ1n) is 11.6. The van der Waals surface area contributed by atoms with E-state index < -0.39 is 14.8 Å². The molecular weight excluding hydrogens is 446 g/mol. The summed E-state index contributed by atoms with van der Waals surface area (Å²) in [6.07, 6.45) is 1.01. The molecule has 0 atom stereocenters. The first-order valence-corrected chi connectivity index (χ1v) is 15.1. The van der Waals surface area contributed by atoms with Crippen LogP contribution in [0.2, 0.25) is 0 Å². The predicted molar refractivity (Wildman–Crippen MR) is 154 cm³/mol. The van der Waals surface area contributed by atoms with Crippen molar-refractivity contribution >= 4 is 41.6 Å². The monoisotopic (exact) mass is 474 g/mol. The molecule has 5 aromatic carbocycles. The van der Waals surface area contributed by atoms with E-state index in [1.807, 2.05) is 0 Å². The molecule has 0 nitrogen and oxygen atoms in total. The third-order valence-electron chi connectivity index (χ3n) is 6.09. The molecule has 0 aliphatic carbocycles. The van der Waals surface area contributed by atoms with Crippen LogP contribution in [0.5, 0.6) is 0 Å². The van der Waals surface area contributed by atoms with Crippen molar-refractivity contribution in [1.82, 2.24) is 0 Å². The van der Waals surface area contributed by atoms with Crippen molar-refractivity contribution in [2.45, 2.75) is 6.16 Å². The van der Waals surface area contributed by atoms with Crippen LogP contribution in [-0.2, 0) is 6.16 Å². The van der Waals surface area contributed by atoms with Crippen LogP contribution < -0.4 is 21.2 Å². The molecule has 0 aliphatic heterocycles. The summed E-state index contributed by atoms with van der Waals surface area (Å²) in [7, 11) is -0.658. The van der Waals surface area contributed by atoms with E-state index in [0.29, 0.717) is 0 Å².